The first-order chi connectivity index (χ1) is 10.2. The molecule has 0 spiro atoms. The fourth-order valence-electron chi connectivity index (χ4n) is 3.29. The average Bonchev–Trinajstić information content (AvgIpc) is 2.45. The fourth-order valence-corrected chi connectivity index (χ4v) is 3.29. The van der Waals surface area contributed by atoms with E-state index in [0.717, 1.165) is 24.1 Å². The average molecular weight is 291 g/mol. The molecule has 3 nitrogen and oxygen atoms in total. The zero-order valence-electron chi connectivity index (χ0n) is 13.6. The maximum atomic E-state index is 5.97. The van der Waals surface area contributed by atoms with Gasteiger partial charge in [-0.2, -0.15) is 0 Å². The van der Waals surface area contributed by atoms with Crippen molar-refractivity contribution in [3.05, 3.63) is 29.8 Å². The lowest BCUT2D eigenvalue weighted by Gasteiger charge is -2.31. The van der Waals surface area contributed by atoms with Crippen LogP contribution >= 0.6 is 0 Å². The molecule has 21 heavy (non-hydrogen) atoms. The van der Waals surface area contributed by atoms with Crippen LogP contribution < -0.4 is 10.1 Å². The van der Waals surface area contributed by atoms with Gasteiger partial charge in [0.1, 0.15) is 12.4 Å². The van der Waals surface area contributed by atoms with Crippen LogP contribution in [0.25, 0.3) is 0 Å². The third-order valence-electron chi connectivity index (χ3n) is 4.15. The van der Waals surface area contributed by atoms with Crippen molar-refractivity contribution in [2.24, 2.45) is 11.8 Å². The van der Waals surface area contributed by atoms with Crippen LogP contribution in [0.4, 0.5) is 0 Å². The van der Waals surface area contributed by atoms with E-state index in [1.54, 1.807) is 0 Å². The molecule has 0 heterocycles. The Kier molecular flexibility index (Phi) is 6.52. The van der Waals surface area contributed by atoms with Gasteiger partial charge in [-0.3, -0.25) is 0 Å². The predicted octanol–water partition coefficient (Wildman–Crippen LogP) is 3.63. The van der Waals surface area contributed by atoms with E-state index in [1.807, 2.05) is 19.2 Å². The second kappa shape index (κ2) is 8.40. The minimum absolute atomic E-state index is 0.422. The van der Waals surface area contributed by atoms with Crippen molar-refractivity contribution in [3.63, 3.8) is 0 Å². The Hall–Kier alpha value is -1.06. The molecule has 1 aliphatic carbocycles. The molecule has 2 rings (SSSR count). The Bertz CT molecular complexity index is 394. The van der Waals surface area contributed by atoms with Crippen LogP contribution in [0, 0.1) is 11.8 Å². The van der Waals surface area contributed by atoms with Gasteiger partial charge >= 0.3 is 0 Å². The smallest absolute Gasteiger partial charge is 0.119 e. The highest BCUT2D eigenvalue weighted by Gasteiger charge is 2.24. The van der Waals surface area contributed by atoms with E-state index in [2.05, 4.69) is 31.3 Å². The van der Waals surface area contributed by atoms with Crippen LogP contribution in [-0.4, -0.2) is 26.4 Å². The Morgan fingerprint density at radius 2 is 1.67 bits per heavy atom. The molecule has 1 fully saturated rings. The lowest BCUT2D eigenvalue weighted by atomic mass is 9.82. The topological polar surface area (TPSA) is 30.5 Å². The number of hydrogen-bond donors (Lipinski definition) is 1. The lowest BCUT2D eigenvalue weighted by molar-refractivity contribution is -0.0107. The summed E-state index contributed by atoms with van der Waals surface area (Å²) < 4.78 is 11.7. The number of rotatable bonds is 7. The van der Waals surface area contributed by atoms with Gasteiger partial charge in [-0.05, 0) is 55.8 Å². The van der Waals surface area contributed by atoms with Gasteiger partial charge in [0, 0.05) is 6.54 Å². The first-order valence-electron chi connectivity index (χ1n) is 8.15. The van der Waals surface area contributed by atoms with Gasteiger partial charge in [0.05, 0.1) is 12.7 Å². The summed E-state index contributed by atoms with van der Waals surface area (Å²) in [5.41, 5.74) is 1.27. The highest BCUT2D eigenvalue weighted by Crippen LogP contribution is 2.30. The van der Waals surface area contributed by atoms with Crippen LogP contribution in [-0.2, 0) is 11.3 Å². The van der Waals surface area contributed by atoms with Crippen LogP contribution in [0.1, 0.15) is 38.7 Å². The van der Waals surface area contributed by atoms with Gasteiger partial charge in [0.25, 0.3) is 0 Å². The third-order valence-corrected chi connectivity index (χ3v) is 4.15. The molecule has 0 amide bonds. The SMILES string of the molecule is CNCc1ccc(OCCOC2CC(C)CC(C)C2)cc1. The van der Waals surface area contributed by atoms with Crippen molar-refractivity contribution >= 4 is 0 Å². The second-order valence-electron chi connectivity index (χ2n) is 6.43. The molecule has 118 valence electrons. The minimum atomic E-state index is 0.422. The highest BCUT2D eigenvalue weighted by atomic mass is 16.5. The van der Waals surface area contributed by atoms with E-state index >= 15 is 0 Å². The van der Waals surface area contributed by atoms with Crippen molar-refractivity contribution in [1.29, 1.82) is 0 Å². The normalized spacial score (nSPS) is 25.8. The summed E-state index contributed by atoms with van der Waals surface area (Å²) in [5.74, 6) is 2.50. The second-order valence-corrected chi connectivity index (χ2v) is 6.43. The van der Waals surface area contributed by atoms with Crippen LogP contribution in [0.3, 0.4) is 0 Å². The maximum Gasteiger partial charge on any atom is 0.119 e. The van der Waals surface area contributed by atoms with E-state index in [4.69, 9.17) is 9.47 Å². The van der Waals surface area contributed by atoms with Crippen molar-refractivity contribution in [2.45, 2.75) is 45.8 Å². The molecule has 3 heteroatoms. The standard InChI is InChI=1S/C18H29NO2/c1-14-10-15(2)12-18(11-14)21-9-8-20-17-6-4-16(5-7-17)13-19-3/h4-7,14-15,18-19H,8-13H2,1-3H3. The Morgan fingerprint density at radius 1 is 1.00 bits per heavy atom. The van der Waals surface area contributed by atoms with Crippen LogP contribution in [0.2, 0.25) is 0 Å². The summed E-state index contributed by atoms with van der Waals surface area (Å²) in [4.78, 5) is 0. The molecule has 0 bridgehead atoms. The molecule has 1 saturated carbocycles. The first-order valence-corrected chi connectivity index (χ1v) is 8.15. The molecule has 1 N–H and O–H groups in total. The number of hydrogen-bond acceptors (Lipinski definition) is 3. The Balaban J connectivity index is 1.65. The summed E-state index contributed by atoms with van der Waals surface area (Å²) in [5, 5.41) is 3.14. The molecule has 1 aromatic carbocycles. The van der Waals surface area contributed by atoms with E-state index in [-0.39, 0.29) is 0 Å². The third kappa shape index (κ3) is 5.68. The van der Waals surface area contributed by atoms with Crippen LogP contribution in [0.15, 0.2) is 24.3 Å². The van der Waals surface area contributed by atoms with Crippen LogP contribution in [0.5, 0.6) is 5.75 Å². The van der Waals surface area contributed by atoms with E-state index in [9.17, 15) is 0 Å². The first kappa shape index (κ1) is 16.3. The maximum absolute atomic E-state index is 5.97. The van der Waals surface area contributed by atoms with Gasteiger partial charge in [0.15, 0.2) is 0 Å². The van der Waals surface area contributed by atoms with Gasteiger partial charge in [-0.1, -0.05) is 26.0 Å². The Labute approximate surface area is 129 Å². The number of benzene rings is 1. The largest absolute Gasteiger partial charge is 0.491 e. The summed E-state index contributed by atoms with van der Waals surface area (Å²) in [6.45, 7) is 6.86. The van der Waals surface area contributed by atoms with Crippen molar-refractivity contribution < 1.29 is 9.47 Å². The van der Waals surface area contributed by atoms with Gasteiger partial charge in [-0.25, -0.2) is 0 Å². The molecular weight excluding hydrogens is 262 g/mol. The molecule has 0 aromatic heterocycles. The number of nitrogens with one attached hydrogen (secondary N) is 1. The molecule has 0 aliphatic heterocycles. The summed E-state index contributed by atoms with van der Waals surface area (Å²) in [7, 11) is 1.95. The molecular formula is C18H29NO2. The molecule has 2 unspecified atom stereocenters. The van der Waals surface area contributed by atoms with Gasteiger partial charge in [-0.15, -0.1) is 0 Å². The Morgan fingerprint density at radius 3 is 2.29 bits per heavy atom. The summed E-state index contributed by atoms with van der Waals surface area (Å²) >= 11 is 0. The highest BCUT2D eigenvalue weighted by molar-refractivity contribution is 5.27. The quantitative estimate of drug-likeness (QED) is 0.778. The van der Waals surface area contributed by atoms with Crippen molar-refractivity contribution in [1.82, 2.24) is 5.32 Å². The molecule has 0 saturated heterocycles. The van der Waals surface area contributed by atoms with Crippen molar-refractivity contribution in [3.8, 4) is 5.75 Å². The molecule has 2 atom stereocenters. The van der Waals surface area contributed by atoms with E-state index in [1.165, 1.54) is 24.8 Å². The van der Waals surface area contributed by atoms with Crippen molar-refractivity contribution in [2.75, 3.05) is 20.3 Å². The monoisotopic (exact) mass is 291 g/mol. The molecule has 0 radical (unpaired) electrons. The summed E-state index contributed by atoms with van der Waals surface area (Å²) in [6, 6.07) is 8.24. The van der Waals surface area contributed by atoms with E-state index in [0.29, 0.717) is 19.3 Å². The number of ether oxygens (including phenoxy) is 2. The lowest BCUT2D eigenvalue weighted by Crippen LogP contribution is -2.27. The van der Waals surface area contributed by atoms with E-state index < -0.39 is 0 Å². The predicted molar refractivity (Wildman–Crippen MR) is 86.6 cm³/mol. The molecule has 1 aromatic rings. The minimum Gasteiger partial charge on any atom is -0.491 e. The van der Waals surface area contributed by atoms with Gasteiger partial charge in [0.2, 0.25) is 0 Å². The zero-order chi connectivity index (χ0) is 15.1. The molecule has 1 aliphatic rings. The fraction of sp³-hybridized carbons (Fsp3) is 0.667. The zero-order valence-corrected chi connectivity index (χ0v) is 13.6. The van der Waals surface area contributed by atoms with Gasteiger partial charge < -0.3 is 14.8 Å². The summed E-state index contributed by atoms with van der Waals surface area (Å²) in [6.07, 6.45) is 4.16.